The van der Waals surface area contributed by atoms with Crippen molar-refractivity contribution in [3.63, 3.8) is 0 Å². The molecule has 0 fully saturated rings. The van der Waals surface area contributed by atoms with E-state index in [0.29, 0.717) is 11.8 Å². The van der Waals surface area contributed by atoms with E-state index >= 15 is 0 Å². The first-order chi connectivity index (χ1) is 11.3. The number of hydrogen-bond donors (Lipinski definition) is 0. The molecule has 0 saturated carbocycles. The van der Waals surface area contributed by atoms with Crippen LogP contribution in [0.5, 0.6) is 0 Å². The largest absolute Gasteiger partial charge is 0.0845 e. The second-order valence-corrected chi connectivity index (χ2v) is 6.36. The molecule has 0 radical (unpaired) electrons. The maximum atomic E-state index is 2.35. The molecule has 0 heteroatoms. The van der Waals surface area contributed by atoms with Crippen molar-refractivity contribution in [3.8, 4) is 0 Å². The van der Waals surface area contributed by atoms with E-state index < -0.39 is 0 Å². The van der Waals surface area contributed by atoms with Crippen LogP contribution in [0, 0.1) is 11.8 Å². The van der Waals surface area contributed by atoms with Gasteiger partial charge in [0.1, 0.15) is 0 Å². The van der Waals surface area contributed by atoms with E-state index in [9.17, 15) is 0 Å². The van der Waals surface area contributed by atoms with Crippen LogP contribution in [0.3, 0.4) is 0 Å². The topological polar surface area (TPSA) is 0 Å². The minimum Gasteiger partial charge on any atom is -0.0845 e. The van der Waals surface area contributed by atoms with Gasteiger partial charge in [0.25, 0.3) is 0 Å². The summed E-state index contributed by atoms with van der Waals surface area (Å²) in [6.07, 6.45) is 30.6. The molecule has 0 bridgehead atoms. The highest BCUT2D eigenvalue weighted by Crippen LogP contribution is 2.38. The van der Waals surface area contributed by atoms with Crippen molar-refractivity contribution < 1.29 is 0 Å². The third-order valence-corrected chi connectivity index (χ3v) is 4.99. The Kier molecular flexibility index (Phi) is 5.12. The SMILES string of the molecule is CC=C(C=CC1=CC=C(C2=CC=CC3C=CC=CC23)CC1)CC. The molecule has 23 heavy (non-hydrogen) atoms. The van der Waals surface area contributed by atoms with Crippen molar-refractivity contribution in [2.45, 2.75) is 33.1 Å². The molecule has 3 aliphatic rings. The molecule has 2 atom stereocenters. The lowest BCUT2D eigenvalue weighted by molar-refractivity contribution is 0.622. The first-order valence-electron chi connectivity index (χ1n) is 8.78. The molecule has 0 aromatic rings. The van der Waals surface area contributed by atoms with Gasteiger partial charge < -0.3 is 0 Å². The van der Waals surface area contributed by atoms with Gasteiger partial charge in [-0.2, -0.15) is 0 Å². The van der Waals surface area contributed by atoms with Crippen molar-refractivity contribution in [2.75, 3.05) is 0 Å². The van der Waals surface area contributed by atoms with E-state index in [2.05, 4.69) is 86.8 Å². The van der Waals surface area contributed by atoms with Crippen molar-refractivity contribution in [2.24, 2.45) is 11.8 Å². The summed E-state index contributed by atoms with van der Waals surface area (Å²) < 4.78 is 0. The zero-order valence-electron chi connectivity index (χ0n) is 14.2. The molecule has 2 unspecified atom stereocenters. The van der Waals surface area contributed by atoms with E-state index in [4.69, 9.17) is 0 Å². The lowest BCUT2D eigenvalue weighted by Gasteiger charge is -2.29. The Bertz CT molecular complexity index is 684. The van der Waals surface area contributed by atoms with Crippen LogP contribution < -0.4 is 0 Å². The summed E-state index contributed by atoms with van der Waals surface area (Å²) in [5.41, 5.74) is 5.84. The predicted molar refractivity (Wildman–Crippen MR) is 101 cm³/mol. The highest BCUT2D eigenvalue weighted by atomic mass is 14.3. The van der Waals surface area contributed by atoms with Crippen molar-refractivity contribution in [1.29, 1.82) is 0 Å². The summed E-state index contributed by atoms with van der Waals surface area (Å²) in [6.45, 7) is 4.32. The van der Waals surface area contributed by atoms with Crippen LogP contribution in [0.15, 0.2) is 95.2 Å². The highest BCUT2D eigenvalue weighted by molar-refractivity contribution is 5.48. The Morgan fingerprint density at radius 2 is 1.87 bits per heavy atom. The molecule has 0 aromatic heterocycles. The van der Waals surface area contributed by atoms with Gasteiger partial charge in [-0.05, 0) is 42.9 Å². The van der Waals surface area contributed by atoms with Crippen LogP contribution in [0.1, 0.15) is 33.1 Å². The Balaban J connectivity index is 1.76. The van der Waals surface area contributed by atoms with Gasteiger partial charge in [-0.3, -0.25) is 0 Å². The number of fused-ring (bicyclic) bond motifs is 1. The van der Waals surface area contributed by atoms with Gasteiger partial charge in [0.2, 0.25) is 0 Å². The Morgan fingerprint density at radius 1 is 1.04 bits per heavy atom. The van der Waals surface area contributed by atoms with E-state index in [1.807, 2.05) is 0 Å². The minimum absolute atomic E-state index is 0.525. The Labute approximate surface area is 140 Å². The molecule has 0 heterocycles. The summed E-state index contributed by atoms with van der Waals surface area (Å²) in [4.78, 5) is 0. The Hall–Kier alpha value is -2.08. The molecule has 0 spiro atoms. The maximum absolute atomic E-state index is 2.35. The van der Waals surface area contributed by atoms with Crippen LogP contribution in [0.25, 0.3) is 0 Å². The van der Waals surface area contributed by atoms with Crippen LogP contribution >= 0.6 is 0 Å². The molecule has 118 valence electrons. The van der Waals surface area contributed by atoms with E-state index in [1.165, 1.54) is 22.3 Å². The van der Waals surface area contributed by atoms with Gasteiger partial charge in [0.05, 0.1) is 0 Å². The summed E-state index contributed by atoms with van der Waals surface area (Å²) in [7, 11) is 0. The fourth-order valence-electron chi connectivity index (χ4n) is 3.50. The second kappa shape index (κ2) is 7.46. The lowest BCUT2D eigenvalue weighted by atomic mass is 9.75. The summed E-state index contributed by atoms with van der Waals surface area (Å²) in [5, 5.41) is 0. The van der Waals surface area contributed by atoms with Crippen molar-refractivity contribution >= 4 is 0 Å². The molecular formula is C23H26. The number of rotatable bonds is 4. The van der Waals surface area contributed by atoms with Gasteiger partial charge in [-0.15, -0.1) is 0 Å². The standard InChI is InChI=1S/C23H26/c1-3-18(4-2)12-13-19-14-16-21(17-15-19)23-11-7-9-20-8-5-6-10-22(20)23/h3,5-14,16,20,22H,4,15,17H2,1-2H3. The van der Waals surface area contributed by atoms with Crippen LogP contribution in [0.2, 0.25) is 0 Å². The van der Waals surface area contributed by atoms with Gasteiger partial charge in [0.15, 0.2) is 0 Å². The molecular weight excluding hydrogens is 276 g/mol. The Morgan fingerprint density at radius 3 is 2.61 bits per heavy atom. The fourth-order valence-corrected chi connectivity index (χ4v) is 3.50. The van der Waals surface area contributed by atoms with Crippen LogP contribution in [-0.4, -0.2) is 0 Å². The van der Waals surface area contributed by atoms with Gasteiger partial charge >= 0.3 is 0 Å². The van der Waals surface area contributed by atoms with Crippen molar-refractivity contribution in [3.05, 3.63) is 95.2 Å². The quantitative estimate of drug-likeness (QED) is 0.527. The maximum Gasteiger partial charge on any atom is 0.0122 e. The smallest absolute Gasteiger partial charge is 0.0122 e. The van der Waals surface area contributed by atoms with E-state index in [1.54, 1.807) is 0 Å². The molecule has 0 amide bonds. The molecule has 0 aliphatic heterocycles. The predicted octanol–water partition coefficient (Wildman–Crippen LogP) is 6.40. The van der Waals surface area contributed by atoms with E-state index in [0.717, 1.165) is 19.3 Å². The minimum atomic E-state index is 0.525. The third-order valence-electron chi connectivity index (χ3n) is 4.99. The molecule has 3 aliphatic carbocycles. The van der Waals surface area contributed by atoms with E-state index in [-0.39, 0.29) is 0 Å². The molecule has 0 nitrogen and oxygen atoms in total. The highest BCUT2D eigenvalue weighted by Gasteiger charge is 2.25. The summed E-state index contributed by atoms with van der Waals surface area (Å²) in [6, 6.07) is 0. The average Bonchev–Trinajstić information content (AvgIpc) is 2.63. The first kappa shape index (κ1) is 15.8. The summed E-state index contributed by atoms with van der Waals surface area (Å²) in [5.74, 6) is 1.06. The zero-order chi connectivity index (χ0) is 16.1. The van der Waals surface area contributed by atoms with Gasteiger partial charge in [0, 0.05) is 11.8 Å². The normalized spacial score (nSPS) is 26.9. The monoisotopic (exact) mass is 302 g/mol. The average molecular weight is 302 g/mol. The zero-order valence-corrected chi connectivity index (χ0v) is 14.2. The molecule has 0 saturated heterocycles. The number of allylic oxidation sites excluding steroid dienone is 16. The van der Waals surface area contributed by atoms with Crippen LogP contribution in [0.4, 0.5) is 0 Å². The summed E-state index contributed by atoms with van der Waals surface area (Å²) >= 11 is 0. The van der Waals surface area contributed by atoms with Gasteiger partial charge in [-0.1, -0.05) is 85.4 Å². The van der Waals surface area contributed by atoms with Crippen LogP contribution in [-0.2, 0) is 0 Å². The second-order valence-electron chi connectivity index (χ2n) is 6.36. The fraction of sp³-hybridized carbons (Fsp3) is 0.304. The third kappa shape index (κ3) is 3.64. The first-order valence-corrected chi connectivity index (χ1v) is 8.78. The lowest BCUT2D eigenvalue weighted by Crippen LogP contribution is -2.17. The molecule has 0 N–H and O–H groups in total. The number of hydrogen-bond acceptors (Lipinski definition) is 0. The van der Waals surface area contributed by atoms with Gasteiger partial charge in [-0.25, -0.2) is 0 Å². The van der Waals surface area contributed by atoms with Crippen molar-refractivity contribution in [1.82, 2.24) is 0 Å². The molecule has 0 aromatic carbocycles. The molecule has 3 rings (SSSR count).